The van der Waals surface area contributed by atoms with Crippen molar-refractivity contribution in [2.75, 3.05) is 13.7 Å². The minimum absolute atomic E-state index is 0.136. The minimum atomic E-state index is 0.136. The van der Waals surface area contributed by atoms with Gasteiger partial charge in [-0.3, -0.25) is 0 Å². The standard InChI is InChI=1S/C16H23N3O2/c1-12(2)21-15-5-4-13(8-16(15)20-3)9-17-7-6-14-10-18-11-19-14/h4-5,8,10-12,17H,6-7,9H2,1-3H3,(H,18,19). The smallest absolute Gasteiger partial charge is 0.161 e. The first-order valence-electron chi connectivity index (χ1n) is 7.20. The Balaban J connectivity index is 1.85. The molecule has 0 radical (unpaired) electrons. The first kappa shape index (κ1) is 15.4. The van der Waals surface area contributed by atoms with Crippen LogP contribution in [-0.4, -0.2) is 29.7 Å². The number of hydrogen-bond acceptors (Lipinski definition) is 4. The van der Waals surface area contributed by atoms with Crippen LogP contribution < -0.4 is 14.8 Å². The summed E-state index contributed by atoms with van der Waals surface area (Å²) < 4.78 is 11.1. The number of benzene rings is 1. The van der Waals surface area contributed by atoms with Gasteiger partial charge in [-0.25, -0.2) is 4.98 Å². The molecule has 0 bridgehead atoms. The Morgan fingerprint density at radius 2 is 2.14 bits per heavy atom. The Morgan fingerprint density at radius 3 is 2.81 bits per heavy atom. The number of aromatic nitrogens is 2. The van der Waals surface area contributed by atoms with Gasteiger partial charge in [0, 0.05) is 31.4 Å². The van der Waals surface area contributed by atoms with Crippen LogP contribution >= 0.6 is 0 Å². The Labute approximate surface area is 125 Å². The normalized spacial score (nSPS) is 10.9. The van der Waals surface area contributed by atoms with E-state index in [1.165, 1.54) is 5.56 Å². The van der Waals surface area contributed by atoms with E-state index in [1.807, 2.05) is 32.2 Å². The topological polar surface area (TPSA) is 59.2 Å². The van der Waals surface area contributed by atoms with Gasteiger partial charge in [0.1, 0.15) is 0 Å². The second kappa shape index (κ2) is 7.69. The molecule has 2 aromatic rings. The van der Waals surface area contributed by atoms with E-state index < -0.39 is 0 Å². The van der Waals surface area contributed by atoms with Gasteiger partial charge in [0.15, 0.2) is 11.5 Å². The molecule has 1 aromatic carbocycles. The summed E-state index contributed by atoms with van der Waals surface area (Å²) in [6, 6.07) is 6.04. The molecule has 5 nitrogen and oxygen atoms in total. The van der Waals surface area contributed by atoms with Crippen molar-refractivity contribution in [2.24, 2.45) is 0 Å². The predicted molar refractivity (Wildman–Crippen MR) is 82.8 cm³/mol. The number of nitrogens with zero attached hydrogens (tertiary/aromatic N) is 1. The molecule has 0 unspecified atom stereocenters. The van der Waals surface area contributed by atoms with Crippen molar-refractivity contribution in [1.29, 1.82) is 0 Å². The lowest BCUT2D eigenvalue weighted by Crippen LogP contribution is -2.17. The van der Waals surface area contributed by atoms with Gasteiger partial charge in [-0.2, -0.15) is 0 Å². The van der Waals surface area contributed by atoms with Gasteiger partial charge in [0.2, 0.25) is 0 Å². The van der Waals surface area contributed by atoms with E-state index in [-0.39, 0.29) is 6.10 Å². The van der Waals surface area contributed by atoms with Gasteiger partial charge in [0.25, 0.3) is 0 Å². The van der Waals surface area contributed by atoms with Crippen LogP contribution in [0, 0.1) is 0 Å². The molecular weight excluding hydrogens is 266 g/mol. The van der Waals surface area contributed by atoms with E-state index in [4.69, 9.17) is 9.47 Å². The Morgan fingerprint density at radius 1 is 1.29 bits per heavy atom. The highest BCUT2D eigenvalue weighted by molar-refractivity contribution is 5.43. The summed E-state index contributed by atoms with van der Waals surface area (Å²) in [5.41, 5.74) is 2.31. The third kappa shape index (κ3) is 4.79. The molecule has 0 saturated carbocycles. The predicted octanol–water partition coefficient (Wildman–Crippen LogP) is 2.54. The molecule has 1 aromatic heterocycles. The van der Waals surface area contributed by atoms with E-state index in [0.29, 0.717) is 0 Å². The van der Waals surface area contributed by atoms with Gasteiger partial charge in [-0.15, -0.1) is 0 Å². The molecule has 0 aliphatic heterocycles. The molecule has 5 heteroatoms. The van der Waals surface area contributed by atoms with Crippen LogP contribution in [0.25, 0.3) is 0 Å². The summed E-state index contributed by atoms with van der Waals surface area (Å²) in [4.78, 5) is 7.09. The zero-order valence-corrected chi connectivity index (χ0v) is 12.8. The Kier molecular flexibility index (Phi) is 5.63. The first-order valence-corrected chi connectivity index (χ1v) is 7.20. The number of hydrogen-bond donors (Lipinski definition) is 2. The number of aromatic amines is 1. The number of rotatable bonds is 8. The highest BCUT2D eigenvalue weighted by Crippen LogP contribution is 2.28. The van der Waals surface area contributed by atoms with Gasteiger partial charge >= 0.3 is 0 Å². The fraction of sp³-hybridized carbons (Fsp3) is 0.438. The van der Waals surface area contributed by atoms with Crippen LogP contribution in [0.15, 0.2) is 30.7 Å². The zero-order chi connectivity index (χ0) is 15.1. The number of nitrogens with one attached hydrogen (secondary N) is 2. The van der Waals surface area contributed by atoms with E-state index >= 15 is 0 Å². The second-order valence-electron chi connectivity index (χ2n) is 5.16. The lowest BCUT2D eigenvalue weighted by atomic mass is 10.2. The van der Waals surface area contributed by atoms with E-state index in [9.17, 15) is 0 Å². The third-order valence-corrected chi connectivity index (χ3v) is 3.05. The van der Waals surface area contributed by atoms with Gasteiger partial charge in [-0.05, 0) is 31.5 Å². The van der Waals surface area contributed by atoms with Crippen LogP contribution in [0.5, 0.6) is 11.5 Å². The second-order valence-corrected chi connectivity index (χ2v) is 5.16. The van der Waals surface area contributed by atoms with Crippen LogP contribution in [0.4, 0.5) is 0 Å². The van der Waals surface area contributed by atoms with Crippen molar-refractivity contribution < 1.29 is 9.47 Å². The van der Waals surface area contributed by atoms with Crippen molar-refractivity contribution in [3.63, 3.8) is 0 Å². The number of methoxy groups -OCH3 is 1. The summed E-state index contributed by atoms with van der Waals surface area (Å²) in [6.07, 6.45) is 4.62. The summed E-state index contributed by atoms with van der Waals surface area (Å²) >= 11 is 0. The van der Waals surface area contributed by atoms with E-state index in [0.717, 1.165) is 36.7 Å². The minimum Gasteiger partial charge on any atom is -0.493 e. The molecule has 0 fully saturated rings. The maximum absolute atomic E-state index is 5.71. The van der Waals surface area contributed by atoms with Crippen molar-refractivity contribution >= 4 is 0 Å². The van der Waals surface area contributed by atoms with Gasteiger partial charge < -0.3 is 19.8 Å². The lowest BCUT2D eigenvalue weighted by Gasteiger charge is -2.14. The molecule has 1 heterocycles. The molecular formula is C16H23N3O2. The summed E-state index contributed by atoms with van der Waals surface area (Å²) in [5, 5.41) is 3.41. The molecule has 0 atom stereocenters. The van der Waals surface area contributed by atoms with Crippen LogP contribution in [0.1, 0.15) is 25.1 Å². The third-order valence-electron chi connectivity index (χ3n) is 3.05. The van der Waals surface area contributed by atoms with Crippen LogP contribution in [0.3, 0.4) is 0 Å². The van der Waals surface area contributed by atoms with Crippen molar-refractivity contribution in [1.82, 2.24) is 15.3 Å². The molecule has 0 saturated heterocycles. The molecule has 0 spiro atoms. The van der Waals surface area contributed by atoms with E-state index in [2.05, 4.69) is 21.4 Å². The van der Waals surface area contributed by atoms with Crippen LogP contribution in [-0.2, 0) is 13.0 Å². The SMILES string of the molecule is COc1cc(CNCCc2cnc[nH]2)ccc1OC(C)C. The number of H-pyrrole nitrogens is 1. The molecule has 0 aliphatic carbocycles. The quantitative estimate of drug-likeness (QED) is 0.733. The van der Waals surface area contributed by atoms with Gasteiger partial charge in [-0.1, -0.05) is 6.07 Å². The average molecular weight is 289 g/mol. The highest BCUT2D eigenvalue weighted by atomic mass is 16.5. The molecule has 2 rings (SSSR count). The molecule has 0 amide bonds. The fourth-order valence-corrected chi connectivity index (χ4v) is 2.05. The van der Waals surface area contributed by atoms with Gasteiger partial charge in [0.05, 0.1) is 19.5 Å². The first-order chi connectivity index (χ1) is 10.2. The molecule has 0 aliphatic rings. The monoisotopic (exact) mass is 289 g/mol. The van der Waals surface area contributed by atoms with Crippen LogP contribution in [0.2, 0.25) is 0 Å². The number of imidazole rings is 1. The van der Waals surface area contributed by atoms with E-state index in [1.54, 1.807) is 13.4 Å². The van der Waals surface area contributed by atoms with Crippen molar-refractivity contribution in [3.8, 4) is 11.5 Å². The fourth-order valence-electron chi connectivity index (χ4n) is 2.05. The number of ether oxygens (including phenoxy) is 2. The summed E-state index contributed by atoms with van der Waals surface area (Å²) in [5.74, 6) is 1.56. The highest BCUT2D eigenvalue weighted by Gasteiger charge is 2.07. The van der Waals surface area contributed by atoms with Crippen molar-refractivity contribution in [2.45, 2.75) is 32.9 Å². The summed E-state index contributed by atoms with van der Waals surface area (Å²) in [6.45, 7) is 5.70. The van der Waals surface area contributed by atoms with Crippen molar-refractivity contribution in [3.05, 3.63) is 42.0 Å². The molecule has 21 heavy (non-hydrogen) atoms. The zero-order valence-electron chi connectivity index (χ0n) is 12.8. The maximum Gasteiger partial charge on any atom is 0.161 e. The lowest BCUT2D eigenvalue weighted by molar-refractivity contribution is 0.230. The Hall–Kier alpha value is -2.01. The molecule has 114 valence electrons. The average Bonchev–Trinajstić information content (AvgIpc) is 2.97. The Bertz CT molecular complexity index is 538. The molecule has 2 N–H and O–H groups in total. The largest absolute Gasteiger partial charge is 0.493 e. The maximum atomic E-state index is 5.71. The summed E-state index contributed by atoms with van der Waals surface area (Å²) in [7, 11) is 1.66.